The predicted molar refractivity (Wildman–Crippen MR) is 63.7 cm³/mol. The van der Waals surface area contributed by atoms with Crippen molar-refractivity contribution in [3.63, 3.8) is 0 Å². The Balaban J connectivity index is 2.18. The number of carbonyl (C=O) groups excluding carboxylic acids is 2. The van der Waals surface area contributed by atoms with Crippen molar-refractivity contribution >= 4 is 11.8 Å². The first kappa shape index (κ1) is 11.6. The molecular weight excluding hydrogens is 218 g/mol. The van der Waals surface area contributed by atoms with Crippen LogP contribution in [0.25, 0.3) is 0 Å². The Kier molecular flexibility index (Phi) is 3.10. The second-order valence-corrected chi connectivity index (χ2v) is 4.17. The van der Waals surface area contributed by atoms with E-state index in [0.717, 1.165) is 13.1 Å². The van der Waals surface area contributed by atoms with E-state index in [2.05, 4.69) is 5.32 Å². The van der Waals surface area contributed by atoms with Crippen molar-refractivity contribution in [1.82, 2.24) is 10.2 Å². The van der Waals surface area contributed by atoms with Gasteiger partial charge in [-0.05, 0) is 18.2 Å². The van der Waals surface area contributed by atoms with Crippen LogP contribution in [0.4, 0.5) is 0 Å². The molecule has 1 saturated heterocycles. The van der Waals surface area contributed by atoms with E-state index in [1.807, 2.05) is 0 Å². The second-order valence-electron chi connectivity index (χ2n) is 4.17. The highest BCUT2D eigenvalue weighted by molar-refractivity contribution is 5.99. The number of primary amides is 1. The maximum atomic E-state index is 12.1. The van der Waals surface area contributed by atoms with Crippen LogP contribution < -0.4 is 11.1 Å². The molecule has 5 heteroatoms. The smallest absolute Gasteiger partial charge is 0.253 e. The van der Waals surface area contributed by atoms with Crippen LogP contribution in [0.3, 0.4) is 0 Å². The first-order chi connectivity index (χ1) is 8.09. The quantitative estimate of drug-likeness (QED) is 0.761. The van der Waals surface area contributed by atoms with Gasteiger partial charge >= 0.3 is 0 Å². The van der Waals surface area contributed by atoms with Gasteiger partial charge in [0, 0.05) is 31.3 Å². The van der Waals surface area contributed by atoms with Crippen molar-refractivity contribution in [1.29, 1.82) is 0 Å². The molecule has 0 unspecified atom stereocenters. The standard InChI is InChI=1S/C12H15N3O2/c1-15(10-6-14-7-10)12(17)9-4-2-3-8(5-9)11(13)16/h2-5,10,14H,6-7H2,1H3,(H2,13,16). The fraction of sp³-hybridized carbons (Fsp3) is 0.333. The van der Waals surface area contributed by atoms with Crippen molar-refractivity contribution in [3.05, 3.63) is 35.4 Å². The van der Waals surface area contributed by atoms with Gasteiger partial charge in [-0.25, -0.2) is 0 Å². The second kappa shape index (κ2) is 4.55. The molecule has 0 spiro atoms. The SMILES string of the molecule is CN(C(=O)c1cccc(C(N)=O)c1)C1CNC1. The monoisotopic (exact) mass is 233 g/mol. The molecule has 5 nitrogen and oxygen atoms in total. The van der Waals surface area contributed by atoms with Gasteiger partial charge in [-0.1, -0.05) is 6.07 Å². The van der Waals surface area contributed by atoms with Crippen LogP contribution in [-0.2, 0) is 0 Å². The van der Waals surface area contributed by atoms with Gasteiger partial charge in [0.25, 0.3) is 5.91 Å². The largest absolute Gasteiger partial charge is 0.366 e. The minimum absolute atomic E-state index is 0.0837. The summed E-state index contributed by atoms with van der Waals surface area (Å²) in [6.07, 6.45) is 0. The summed E-state index contributed by atoms with van der Waals surface area (Å²) in [5, 5.41) is 3.11. The number of nitrogens with one attached hydrogen (secondary N) is 1. The van der Waals surface area contributed by atoms with Crippen LogP contribution in [0.15, 0.2) is 24.3 Å². The van der Waals surface area contributed by atoms with Crippen molar-refractivity contribution < 1.29 is 9.59 Å². The Labute approximate surface area is 99.6 Å². The zero-order valence-electron chi connectivity index (χ0n) is 9.64. The maximum absolute atomic E-state index is 12.1. The highest BCUT2D eigenvalue weighted by Crippen LogP contribution is 2.11. The number of carbonyl (C=O) groups is 2. The first-order valence-electron chi connectivity index (χ1n) is 5.47. The molecule has 1 aliphatic heterocycles. The zero-order valence-corrected chi connectivity index (χ0v) is 9.64. The molecule has 1 fully saturated rings. The van der Waals surface area contributed by atoms with Gasteiger partial charge in [0.1, 0.15) is 0 Å². The maximum Gasteiger partial charge on any atom is 0.253 e. The van der Waals surface area contributed by atoms with E-state index in [1.165, 1.54) is 6.07 Å². The summed E-state index contributed by atoms with van der Waals surface area (Å²) in [6, 6.07) is 6.73. The molecule has 1 aromatic carbocycles. The third-order valence-corrected chi connectivity index (χ3v) is 3.02. The Morgan fingerprint density at radius 3 is 2.53 bits per heavy atom. The predicted octanol–water partition coefficient (Wildman–Crippen LogP) is -0.171. The molecule has 0 saturated carbocycles. The number of nitrogens with two attached hydrogens (primary N) is 1. The average molecular weight is 233 g/mol. The topological polar surface area (TPSA) is 75.4 Å². The lowest BCUT2D eigenvalue weighted by molar-refractivity contribution is 0.0681. The van der Waals surface area contributed by atoms with Crippen LogP contribution in [0.5, 0.6) is 0 Å². The molecular formula is C12H15N3O2. The van der Waals surface area contributed by atoms with E-state index in [4.69, 9.17) is 5.73 Å². The summed E-state index contributed by atoms with van der Waals surface area (Å²) in [5.41, 5.74) is 6.04. The lowest BCUT2D eigenvalue weighted by Gasteiger charge is -2.35. The third-order valence-electron chi connectivity index (χ3n) is 3.02. The fourth-order valence-electron chi connectivity index (χ4n) is 1.72. The Bertz CT molecular complexity index is 455. The molecule has 0 atom stereocenters. The van der Waals surface area contributed by atoms with Crippen LogP contribution in [0, 0.1) is 0 Å². The molecule has 3 N–H and O–H groups in total. The van der Waals surface area contributed by atoms with Crippen LogP contribution in [0.2, 0.25) is 0 Å². The number of amides is 2. The molecule has 1 aromatic rings. The number of hydrogen-bond donors (Lipinski definition) is 2. The summed E-state index contributed by atoms with van der Waals surface area (Å²) in [4.78, 5) is 24.8. The summed E-state index contributed by atoms with van der Waals surface area (Å²) in [5.74, 6) is -0.604. The molecule has 17 heavy (non-hydrogen) atoms. The van der Waals surface area contributed by atoms with Crippen LogP contribution >= 0.6 is 0 Å². The lowest BCUT2D eigenvalue weighted by atomic mass is 10.1. The average Bonchev–Trinajstić information content (AvgIpc) is 2.25. The lowest BCUT2D eigenvalue weighted by Crippen LogP contribution is -2.57. The number of hydrogen-bond acceptors (Lipinski definition) is 3. The van der Waals surface area contributed by atoms with Gasteiger partial charge in [-0.3, -0.25) is 9.59 Å². The summed E-state index contributed by atoms with van der Waals surface area (Å²) in [6.45, 7) is 1.63. The van der Waals surface area contributed by atoms with Gasteiger partial charge in [-0.15, -0.1) is 0 Å². The number of rotatable bonds is 3. The van der Waals surface area contributed by atoms with Crippen molar-refractivity contribution in [2.75, 3.05) is 20.1 Å². The molecule has 0 aliphatic carbocycles. The Morgan fingerprint density at radius 1 is 1.35 bits per heavy atom. The molecule has 0 aromatic heterocycles. The minimum Gasteiger partial charge on any atom is -0.366 e. The molecule has 1 aliphatic rings. The molecule has 1 heterocycles. The summed E-state index contributed by atoms with van der Waals surface area (Å²) >= 11 is 0. The third kappa shape index (κ3) is 2.29. The van der Waals surface area contributed by atoms with Crippen LogP contribution in [-0.4, -0.2) is 42.9 Å². The van der Waals surface area contributed by atoms with E-state index >= 15 is 0 Å². The summed E-state index contributed by atoms with van der Waals surface area (Å²) < 4.78 is 0. The van der Waals surface area contributed by atoms with Gasteiger partial charge < -0.3 is 16.0 Å². The Morgan fingerprint density at radius 2 is 2.00 bits per heavy atom. The molecule has 90 valence electrons. The van der Waals surface area contributed by atoms with Gasteiger partial charge in [0.05, 0.1) is 6.04 Å². The molecule has 0 radical (unpaired) electrons. The highest BCUT2D eigenvalue weighted by atomic mass is 16.2. The van der Waals surface area contributed by atoms with Crippen LogP contribution in [0.1, 0.15) is 20.7 Å². The van der Waals surface area contributed by atoms with E-state index in [0.29, 0.717) is 11.1 Å². The van der Waals surface area contributed by atoms with Gasteiger partial charge in [-0.2, -0.15) is 0 Å². The summed E-state index contributed by atoms with van der Waals surface area (Å²) in [7, 11) is 1.77. The molecule has 0 bridgehead atoms. The molecule has 2 amide bonds. The van der Waals surface area contributed by atoms with E-state index in [-0.39, 0.29) is 11.9 Å². The number of likely N-dealkylation sites (N-methyl/N-ethyl adjacent to an activating group) is 1. The first-order valence-corrected chi connectivity index (χ1v) is 5.47. The number of benzene rings is 1. The molecule has 2 rings (SSSR count). The van der Waals surface area contributed by atoms with Gasteiger partial charge in [0.15, 0.2) is 0 Å². The van der Waals surface area contributed by atoms with Crippen molar-refractivity contribution in [3.8, 4) is 0 Å². The normalized spacial score (nSPS) is 15.1. The van der Waals surface area contributed by atoms with Crippen molar-refractivity contribution in [2.24, 2.45) is 5.73 Å². The Hall–Kier alpha value is -1.88. The highest BCUT2D eigenvalue weighted by Gasteiger charge is 2.26. The number of nitrogens with zero attached hydrogens (tertiary/aromatic N) is 1. The van der Waals surface area contributed by atoms with E-state index < -0.39 is 5.91 Å². The van der Waals surface area contributed by atoms with E-state index in [9.17, 15) is 9.59 Å². The van der Waals surface area contributed by atoms with Crippen molar-refractivity contribution in [2.45, 2.75) is 6.04 Å². The fourth-order valence-corrected chi connectivity index (χ4v) is 1.72. The minimum atomic E-state index is -0.521. The van der Waals surface area contributed by atoms with Gasteiger partial charge in [0.2, 0.25) is 5.91 Å². The zero-order chi connectivity index (χ0) is 12.4. The van der Waals surface area contributed by atoms with E-state index in [1.54, 1.807) is 30.1 Å².